The molecule has 0 saturated carbocycles. The smallest absolute Gasteiger partial charge is 0.339 e. The van der Waals surface area contributed by atoms with E-state index in [0.29, 0.717) is 6.42 Å². The molecule has 0 aromatic rings. The molecule has 0 aliphatic rings. The highest BCUT2D eigenvalue weighted by Crippen LogP contribution is 2.28. The van der Waals surface area contributed by atoms with Crippen molar-refractivity contribution in [1.29, 1.82) is 0 Å². The van der Waals surface area contributed by atoms with Crippen LogP contribution in [0.5, 0.6) is 0 Å². The summed E-state index contributed by atoms with van der Waals surface area (Å²) in [6, 6.07) is 0. The number of esters is 3. The summed E-state index contributed by atoms with van der Waals surface area (Å²) in [6.45, 7) is 3.24. The Morgan fingerprint density at radius 3 is 2.09 bits per heavy atom. The molecule has 0 rings (SSSR count). The maximum Gasteiger partial charge on any atom is 0.339 e. The van der Waals surface area contributed by atoms with Crippen LogP contribution in [0.2, 0.25) is 0 Å². The van der Waals surface area contributed by atoms with Crippen molar-refractivity contribution in [3.8, 4) is 0 Å². The zero-order valence-electron chi connectivity index (χ0n) is 13.2. The largest absolute Gasteiger partial charge is 0.468 e. The van der Waals surface area contributed by atoms with E-state index in [1.54, 1.807) is 6.92 Å². The summed E-state index contributed by atoms with van der Waals surface area (Å²) >= 11 is 0. The van der Waals surface area contributed by atoms with Gasteiger partial charge in [0.25, 0.3) is 0 Å². The third kappa shape index (κ3) is 4.80. The maximum atomic E-state index is 12.1. The Bertz CT molecular complexity index is 431. The van der Waals surface area contributed by atoms with E-state index in [4.69, 9.17) is 0 Å². The molecule has 2 unspecified atom stereocenters. The molecule has 0 spiro atoms. The van der Waals surface area contributed by atoms with Gasteiger partial charge >= 0.3 is 17.9 Å². The highest BCUT2D eigenvalue weighted by Gasteiger charge is 2.54. The number of aliphatic hydroxyl groups is 1. The maximum absolute atomic E-state index is 12.1. The van der Waals surface area contributed by atoms with Gasteiger partial charge in [0.05, 0.1) is 27.2 Å². The lowest BCUT2D eigenvalue weighted by atomic mass is 9.80. The van der Waals surface area contributed by atoms with Crippen molar-refractivity contribution in [2.75, 3.05) is 20.8 Å². The Morgan fingerprint density at radius 2 is 1.68 bits per heavy atom. The summed E-state index contributed by atoms with van der Waals surface area (Å²) in [5.74, 6) is -5.90. The predicted octanol–water partition coefficient (Wildman–Crippen LogP) is 0.00210. The van der Waals surface area contributed by atoms with Crippen LogP contribution >= 0.6 is 0 Å². The molecule has 0 aromatic heterocycles. The average molecular weight is 318 g/mol. The first-order valence-electron chi connectivity index (χ1n) is 6.85. The van der Waals surface area contributed by atoms with Gasteiger partial charge in [-0.25, -0.2) is 4.79 Å². The van der Waals surface area contributed by atoms with Crippen molar-refractivity contribution in [2.45, 2.75) is 38.7 Å². The van der Waals surface area contributed by atoms with Crippen LogP contribution < -0.4 is 0 Å². The van der Waals surface area contributed by atoms with Crippen molar-refractivity contribution in [2.24, 2.45) is 5.92 Å². The van der Waals surface area contributed by atoms with Crippen molar-refractivity contribution in [3.63, 3.8) is 0 Å². The van der Waals surface area contributed by atoms with Crippen molar-refractivity contribution in [3.05, 3.63) is 0 Å². The third-order valence-corrected chi connectivity index (χ3v) is 2.99. The van der Waals surface area contributed by atoms with Crippen LogP contribution in [0.1, 0.15) is 33.1 Å². The normalized spacial score (nSPS) is 14.4. The number of ketones is 1. The van der Waals surface area contributed by atoms with E-state index in [2.05, 4.69) is 14.2 Å². The van der Waals surface area contributed by atoms with Gasteiger partial charge in [-0.15, -0.1) is 0 Å². The monoisotopic (exact) mass is 318 g/mol. The minimum Gasteiger partial charge on any atom is -0.468 e. The highest BCUT2D eigenvalue weighted by atomic mass is 16.6. The first-order valence-corrected chi connectivity index (χ1v) is 6.85. The molecule has 0 aromatic carbocycles. The summed E-state index contributed by atoms with van der Waals surface area (Å²) in [6.07, 6.45) is -0.562. The van der Waals surface area contributed by atoms with E-state index >= 15 is 0 Å². The molecule has 0 amide bonds. The summed E-state index contributed by atoms with van der Waals surface area (Å²) in [4.78, 5) is 47.5. The fourth-order valence-electron chi connectivity index (χ4n) is 2.00. The van der Waals surface area contributed by atoms with Crippen LogP contribution in [0, 0.1) is 5.92 Å². The van der Waals surface area contributed by atoms with Gasteiger partial charge < -0.3 is 19.3 Å². The summed E-state index contributed by atoms with van der Waals surface area (Å²) in [7, 11) is 1.98. The molecular weight excluding hydrogens is 296 g/mol. The number of methoxy groups -OCH3 is 2. The lowest BCUT2D eigenvalue weighted by Crippen LogP contribution is -2.55. The Hall–Kier alpha value is -1.96. The highest BCUT2D eigenvalue weighted by molar-refractivity contribution is 6.06. The second-order valence-corrected chi connectivity index (χ2v) is 4.57. The number of carbonyl (C=O) groups is 4. The molecule has 0 saturated heterocycles. The van der Waals surface area contributed by atoms with E-state index < -0.39 is 41.6 Å². The number of rotatable bonds is 9. The van der Waals surface area contributed by atoms with Gasteiger partial charge in [0, 0.05) is 6.42 Å². The SMILES string of the molecule is CCCC(=O)C(C(=O)OC)C(O)(CC(=O)OCC)C(=O)OC. The topological polar surface area (TPSA) is 116 Å². The molecule has 0 heterocycles. The van der Waals surface area contributed by atoms with Crippen LogP contribution in [0.3, 0.4) is 0 Å². The average Bonchev–Trinajstić information content (AvgIpc) is 2.46. The van der Waals surface area contributed by atoms with Gasteiger partial charge in [-0.1, -0.05) is 6.92 Å². The Balaban J connectivity index is 5.74. The van der Waals surface area contributed by atoms with E-state index in [0.717, 1.165) is 14.2 Å². The second kappa shape index (κ2) is 9.14. The van der Waals surface area contributed by atoms with E-state index in [-0.39, 0.29) is 13.0 Å². The quantitative estimate of drug-likeness (QED) is 0.359. The molecule has 8 heteroatoms. The van der Waals surface area contributed by atoms with Gasteiger partial charge in [-0.3, -0.25) is 14.4 Å². The van der Waals surface area contributed by atoms with E-state index in [1.165, 1.54) is 6.92 Å². The number of carbonyl (C=O) groups excluding carboxylic acids is 4. The van der Waals surface area contributed by atoms with Crippen molar-refractivity contribution < 1.29 is 38.5 Å². The van der Waals surface area contributed by atoms with Gasteiger partial charge in [-0.2, -0.15) is 0 Å². The van der Waals surface area contributed by atoms with Crippen LogP contribution in [-0.4, -0.2) is 55.2 Å². The van der Waals surface area contributed by atoms with Crippen molar-refractivity contribution >= 4 is 23.7 Å². The third-order valence-electron chi connectivity index (χ3n) is 2.99. The Labute approximate surface area is 128 Å². The zero-order chi connectivity index (χ0) is 17.3. The lowest BCUT2D eigenvalue weighted by Gasteiger charge is -2.30. The van der Waals surface area contributed by atoms with Crippen LogP contribution in [0.15, 0.2) is 0 Å². The summed E-state index contributed by atoms with van der Waals surface area (Å²) in [5.41, 5.74) is -2.67. The first kappa shape index (κ1) is 20.0. The number of ether oxygens (including phenoxy) is 3. The molecule has 0 fully saturated rings. The molecule has 126 valence electrons. The van der Waals surface area contributed by atoms with Gasteiger partial charge in [0.1, 0.15) is 0 Å². The Kier molecular flexibility index (Phi) is 8.32. The molecule has 0 aliphatic heterocycles. The van der Waals surface area contributed by atoms with Crippen LogP contribution in [0.25, 0.3) is 0 Å². The minimum absolute atomic E-state index is 0.0158. The van der Waals surface area contributed by atoms with E-state index in [1.807, 2.05) is 0 Å². The molecule has 0 radical (unpaired) electrons. The van der Waals surface area contributed by atoms with E-state index in [9.17, 15) is 24.3 Å². The van der Waals surface area contributed by atoms with Crippen LogP contribution in [0.4, 0.5) is 0 Å². The van der Waals surface area contributed by atoms with Gasteiger partial charge in [-0.05, 0) is 13.3 Å². The number of hydrogen-bond donors (Lipinski definition) is 1. The van der Waals surface area contributed by atoms with Gasteiger partial charge in [0.15, 0.2) is 17.3 Å². The van der Waals surface area contributed by atoms with Crippen molar-refractivity contribution in [1.82, 2.24) is 0 Å². The molecule has 1 N–H and O–H groups in total. The van der Waals surface area contributed by atoms with Gasteiger partial charge in [0.2, 0.25) is 0 Å². The van der Waals surface area contributed by atoms with Crippen LogP contribution in [-0.2, 0) is 33.4 Å². The predicted molar refractivity (Wildman–Crippen MR) is 73.6 cm³/mol. The molecule has 0 bridgehead atoms. The second-order valence-electron chi connectivity index (χ2n) is 4.57. The molecule has 2 atom stereocenters. The Morgan fingerprint density at radius 1 is 1.09 bits per heavy atom. The molecule has 0 aliphatic carbocycles. The standard InChI is InChI=1S/C14H22O8/c1-5-7-9(15)11(12(17)20-3)14(19,13(18)21-4)8-10(16)22-6-2/h11,19H,5-8H2,1-4H3. The molecule has 22 heavy (non-hydrogen) atoms. The first-order chi connectivity index (χ1) is 10.3. The fourth-order valence-corrected chi connectivity index (χ4v) is 2.00. The number of hydrogen-bond acceptors (Lipinski definition) is 8. The zero-order valence-corrected chi connectivity index (χ0v) is 13.2. The molecule has 8 nitrogen and oxygen atoms in total. The lowest BCUT2D eigenvalue weighted by molar-refractivity contribution is -0.185. The summed E-state index contributed by atoms with van der Waals surface area (Å²) in [5, 5.41) is 10.5. The minimum atomic E-state index is -2.67. The number of Topliss-reactive ketones (excluding diaryl/α,β-unsaturated/α-hetero) is 1. The molecular formula is C14H22O8. The fraction of sp³-hybridized carbons (Fsp3) is 0.714. The summed E-state index contributed by atoms with van der Waals surface area (Å²) < 4.78 is 13.6.